The molecule has 0 atom stereocenters. The molecule has 33 heavy (non-hydrogen) atoms. The second-order valence-electron chi connectivity index (χ2n) is 7.31. The summed E-state index contributed by atoms with van der Waals surface area (Å²) in [5.74, 6) is 0.941. The number of hydrogen-bond donors (Lipinski definition) is 0. The molecular weight excluding hydrogens is 549 g/mol. The SMILES string of the molecule is CCOc1cc(/C=C2/SC(=O)N(Cc3ccc(I)cc3)C2=O)ccc1OCc1ccccc1. The first-order valence-electron chi connectivity index (χ1n) is 10.5. The smallest absolute Gasteiger partial charge is 0.293 e. The summed E-state index contributed by atoms with van der Waals surface area (Å²) in [6.45, 7) is 3.08. The second-order valence-corrected chi connectivity index (χ2v) is 9.55. The Hall–Kier alpha value is -2.78. The molecule has 1 saturated heterocycles. The van der Waals surface area contributed by atoms with Crippen molar-refractivity contribution >= 4 is 51.6 Å². The van der Waals surface area contributed by atoms with Crippen LogP contribution in [-0.2, 0) is 17.9 Å². The predicted octanol–water partition coefficient (Wildman–Crippen LogP) is 6.51. The zero-order chi connectivity index (χ0) is 23.2. The molecule has 0 spiro atoms. The predicted molar refractivity (Wildman–Crippen MR) is 139 cm³/mol. The van der Waals surface area contributed by atoms with Crippen LogP contribution in [0.15, 0.2) is 77.7 Å². The summed E-state index contributed by atoms with van der Waals surface area (Å²) >= 11 is 3.18. The number of amides is 2. The lowest BCUT2D eigenvalue weighted by molar-refractivity contribution is -0.123. The molecular formula is C26H22INO4S. The molecule has 1 aliphatic rings. The molecule has 168 valence electrons. The van der Waals surface area contributed by atoms with Gasteiger partial charge in [-0.3, -0.25) is 14.5 Å². The van der Waals surface area contributed by atoms with Crippen molar-refractivity contribution in [2.24, 2.45) is 0 Å². The van der Waals surface area contributed by atoms with Crippen LogP contribution in [0.3, 0.4) is 0 Å². The first-order valence-corrected chi connectivity index (χ1v) is 12.4. The maximum absolute atomic E-state index is 12.9. The Morgan fingerprint density at radius 3 is 2.39 bits per heavy atom. The molecule has 0 radical (unpaired) electrons. The first kappa shape index (κ1) is 23.4. The first-order chi connectivity index (χ1) is 16.0. The van der Waals surface area contributed by atoms with E-state index in [1.54, 1.807) is 6.08 Å². The van der Waals surface area contributed by atoms with Crippen LogP contribution < -0.4 is 9.47 Å². The number of rotatable bonds is 8. The summed E-state index contributed by atoms with van der Waals surface area (Å²) in [6, 6.07) is 23.2. The van der Waals surface area contributed by atoms with Crippen molar-refractivity contribution in [2.45, 2.75) is 20.1 Å². The monoisotopic (exact) mass is 571 g/mol. The van der Waals surface area contributed by atoms with Crippen molar-refractivity contribution in [1.29, 1.82) is 0 Å². The Balaban J connectivity index is 1.50. The highest BCUT2D eigenvalue weighted by atomic mass is 127. The summed E-state index contributed by atoms with van der Waals surface area (Å²) in [7, 11) is 0. The van der Waals surface area contributed by atoms with E-state index in [0.29, 0.717) is 29.6 Å². The standard InChI is InChI=1S/C26H22INO4S/c1-2-31-23-14-20(10-13-22(23)32-17-19-6-4-3-5-7-19)15-24-25(29)28(26(30)33-24)16-18-8-11-21(27)12-9-18/h3-15H,2,16-17H2,1H3/b24-15+. The number of carbonyl (C=O) groups is 2. The van der Waals surface area contributed by atoms with Gasteiger partial charge in [-0.25, -0.2) is 0 Å². The van der Waals surface area contributed by atoms with Gasteiger partial charge in [-0.2, -0.15) is 0 Å². The van der Waals surface area contributed by atoms with E-state index in [4.69, 9.17) is 9.47 Å². The third kappa shape index (κ3) is 5.97. The molecule has 0 unspecified atom stereocenters. The Morgan fingerprint density at radius 1 is 0.909 bits per heavy atom. The number of imide groups is 1. The van der Waals surface area contributed by atoms with Gasteiger partial charge < -0.3 is 9.47 Å². The van der Waals surface area contributed by atoms with Gasteiger partial charge in [-0.05, 0) is 88.3 Å². The van der Waals surface area contributed by atoms with E-state index in [1.807, 2.05) is 79.7 Å². The zero-order valence-corrected chi connectivity index (χ0v) is 21.0. The number of hydrogen-bond acceptors (Lipinski definition) is 5. The van der Waals surface area contributed by atoms with E-state index in [9.17, 15) is 9.59 Å². The Labute approximate surface area is 210 Å². The molecule has 0 aliphatic carbocycles. The molecule has 2 amide bonds. The lowest BCUT2D eigenvalue weighted by Gasteiger charge is -2.13. The number of thioether (sulfide) groups is 1. The quantitative estimate of drug-likeness (QED) is 0.228. The summed E-state index contributed by atoms with van der Waals surface area (Å²) in [5.41, 5.74) is 2.74. The Bertz CT molecular complexity index is 1180. The van der Waals surface area contributed by atoms with Crippen LogP contribution in [0, 0.1) is 3.57 Å². The minimum Gasteiger partial charge on any atom is -0.490 e. The van der Waals surface area contributed by atoms with Gasteiger partial charge in [0.2, 0.25) is 0 Å². The van der Waals surface area contributed by atoms with Crippen LogP contribution in [0.5, 0.6) is 11.5 Å². The van der Waals surface area contributed by atoms with Crippen LogP contribution in [-0.4, -0.2) is 22.7 Å². The molecule has 1 heterocycles. The minimum absolute atomic E-state index is 0.259. The largest absolute Gasteiger partial charge is 0.490 e. The molecule has 4 rings (SSSR count). The van der Waals surface area contributed by atoms with Gasteiger partial charge in [0.05, 0.1) is 18.1 Å². The van der Waals surface area contributed by atoms with Gasteiger partial charge in [-0.15, -0.1) is 0 Å². The molecule has 0 saturated carbocycles. The lowest BCUT2D eigenvalue weighted by Crippen LogP contribution is -2.27. The summed E-state index contributed by atoms with van der Waals surface area (Å²) in [6.07, 6.45) is 1.72. The van der Waals surface area contributed by atoms with Gasteiger partial charge >= 0.3 is 0 Å². The maximum Gasteiger partial charge on any atom is 0.293 e. The Kier molecular flexibility index (Phi) is 7.72. The average Bonchev–Trinajstić information content (AvgIpc) is 3.08. The zero-order valence-electron chi connectivity index (χ0n) is 18.0. The average molecular weight is 571 g/mol. The number of halogens is 1. The molecule has 0 bridgehead atoms. The van der Waals surface area contributed by atoms with E-state index in [0.717, 1.165) is 32.0 Å². The van der Waals surface area contributed by atoms with Crippen molar-refractivity contribution in [1.82, 2.24) is 4.90 Å². The molecule has 1 fully saturated rings. The molecule has 5 nitrogen and oxygen atoms in total. The van der Waals surface area contributed by atoms with Gasteiger partial charge in [-0.1, -0.05) is 48.5 Å². The summed E-state index contributed by atoms with van der Waals surface area (Å²) in [5, 5.41) is -0.266. The summed E-state index contributed by atoms with van der Waals surface area (Å²) < 4.78 is 12.8. The fourth-order valence-corrected chi connectivity index (χ4v) is 4.50. The van der Waals surface area contributed by atoms with Gasteiger partial charge in [0.15, 0.2) is 11.5 Å². The fraction of sp³-hybridized carbons (Fsp3) is 0.154. The maximum atomic E-state index is 12.9. The van der Waals surface area contributed by atoms with Crippen molar-refractivity contribution < 1.29 is 19.1 Å². The van der Waals surface area contributed by atoms with E-state index in [-0.39, 0.29) is 17.7 Å². The topological polar surface area (TPSA) is 55.8 Å². The van der Waals surface area contributed by atoms with E-state index >= 15 is 0 Å². The lowest BCUT2D eigenvalue weighted by atomic mass is 10.1. The highest BCUT2D eigenvalue weighted by Crippen LogP contribution is 2.35. The van der Waals surface area contributed by atoms with E-state index in [2.05, 4.69) is 22.6 Å². The third-order valence-corrected chi connectivity index (χ3v) is 6.56. The fourth-order valence-electron chi connectivity index (χ4n) is 3.30. The third-order valence-electron chi connectivity index (χ3n) is 4.93. The number of benzene rings is 3. The van der Waals surface area contributed by atoms with Gasteiger partial charge in [0, 0.05) is 3.57 Å². The van der Waals surface area contributed by atoms with Crippen LogP contribution >= 0.6 is 34.4 Å². The van der Waals surface area contributed by atoms with Crippen LogP contribution in [0.2, 0.25) is 0 Å². The molecule has 3 aromatic rings. The van der Waals surface area contributed by atoms with Crippen molar-refractivity contribution in [3.8, 4) is 11.5 Å². The normalized spacial score (nSPS) is 14.7. The summed E-state index contributed by atoms with van der Waals surface area (Å²) in [4.78, 5) is 27.0. The van der Waals surface area contributed by atoms with Crippen LogP contribution in [0.25, 0.3) is 6.08 Å². The second kappa shape index (κ2) is 10.9. The Morgan fingerprint density at radius 2 is 1.67 bits per heavy atom. The van der Waals surface area contributed by atoms with E-state index in [1.165, 1.54) is 4.90 Å². The van der Waals surface area contributed by atoms with Crippen LogP contribution in [0.1, 0.15) is 23.6 Å². The molecule has 0 N–H and O–H groups in total. The highest BCUT2D eigenvalue weighted by Gasteiger charge is 2.35. The molecule has 0 aromatic heterocycles. The minimum atomic E-state index is -0.286. The van der Waals surface area contributed by atoms with Crippen molar-refractivity contribution in [3.63, 3.8) is 0 Å². The molecule has 3 aromatic carbocycles. The number of ether oxygens (including phenoxy) is 2. The van der Waals surface area contributed by atoms with Crippen molar-refractivity contribution in [3.05, 3.63) is 98.0 Å². The molecule has 1 aliphatic heterocycles. The number of carbonyl (C=O) groups excluding carboxylic acids is 2. The van der Waals surface area contributed by atoms with Crippen LogP contribution in [0.4, 0.5) is 4.79 Å². The number of nitrogens with zero attached hydrogens (tertiary/aromatic N) is 1. The van der Waals surface area contributed by atoms with Crippen molar-refractivity contribution in [2.75, 3.05) is 6.61 Å². The van der Waals surface area contributed by atoms with Gasteiger partial charge in [0.1, 0.15) is 6.61 Å². The molecule has 7 heteroatoms. The highest BCUT2D eigenvalue weighted by molar-refractivity contribution is 14.1. The van der Waals surface area contributed by atoms with Gasteiger partial charge in [0.25, 0.3) is 11.1 Å². The van der Waals surface area contributed by atoms with E-state index < -0.39 is 0 Å².